The molecule has 1 aromatic carbocycles. The van der Waals surface area contributed by atoms with Crippen LogP contribution in [0.1, 0.15) is 33.6 Å². The predicted molar refractivity (Wildman–Crippen MR) is 106 cm³/mol. The summed E-state index contributed by atoms with van der Waals surface area (Å²) in [7, 11) is 0. The normalized spacial score (nSPS) is 15.6. The van der Waals surface area contributed by atoms with Gasteiger partial charge in [-0.05, 0) is 31.5 Å². The first-order chi connectivity index (χ1) is 13.6. The third-order valence-corrected chi connectivity index (χ3v) is 5.68. The lowest BCUT2D eigenvalue weighted by atomic mass is 10.2. The first-order valence-corrected chi connectivity index (χ1v) is 9.91. The van der Waals surface area contributed by atoms with Crippen LogP contribution in [0.3, 0.4) is 0 Å². The molecule has 1 amide bonds. The fraction of sp³-hybridized carbons (Fsp3) is 0.300. The zero-order valence-corrected chi connectivity index (χ0v) is 16.2. The summed E-state index contributed by atoms with van der Waals surface area (Å²) >= 11 is 1.49. The van der Waals surface area contributed by atoms with Gasteiger partial charge >= 0.3 is 0 Å². The highest BCUT2D eigenvalue weighted by molar-refractivity contribution is 7.10. The molecule has 1 aliphatic heterocycles. The summed E-state index contributed by atoms with van der Waals surface area (Å²) in [6.07, 6.45) is 0.292. The molecule has 0 aliphatic carbocycles. The Hall–Kier alpha value is -2.84. The van der Waals surface area contributed by atoms with Crippen molar-refractivity contribution in [1.29, 1.82) is 0 Å². The number of nitrogens with zero attached hydrogens (tertiary/aromatic N) is 2. The summed E-state index contributed by atoms with van der Waals surface area (Å²) in [5.41, 5.74) is 8.31. The fourth-order valence-electron chi connectivity index (χ4n) is 3.32. The van der Waals surface area contributed by atoms with Crippen molar-refractivity contribution in [2.24, 2.45) is 5.73 Å². The molecular weight excluding hydrogens is 378 g/mol. The zero-order chi connectivity index (χ0) is 19.7. The Morgan fingerprint density at radius 3 is 2.93 bits per heavy atom. The van der Waals surface area contributed by atoms with Gasteiger partial charge in [-0.25, -0.2) is 4.98 Å². The van der Waals surface area contributed by atoms with Crippen molar-refractivity contribution in [3.8, 4) is 22.9 Å². The Labute approximate surface area is 166 Å². The fourth-order valence-corrected chi connectivity index (χ4v) is 4.14. The minimum atomic E-state index is -0.474. The summed E-state index contributed by atoms with van der Waals surface area (Å²) in [6, 6.07) is 9.32. The highest BCUT2D eigenvalue weighted by Gasteiger charge is 2.26. The van der Waals surface area contributed by atoms with Crippen LogP contribution in [0, 0.1) is 6.92 Å². The van der Waals surface area contributed by atoms with E-state index in [9.17, 15) is 9.90 Å². The van der Waals surface area contributed by atoms with Crippen molar-refractivity contribution < 1.29 is 19.4 Å². The highest BCUT2D eigenvalue weighted by Crippen LogP contribution is 2.38. The topological polar surface area (TPSA) is 99.6 Å². The molecule has 0 saturated heterocycles. The highest BCUT2D eigenvalue weighted by atomic mass is 32.1. The molecule has 3 N–H and O–H groups in total. The van der Waals surface area contributed by atoms with Gasteiger partial charge in [0.1, 0.15) is 11.6 Å². The number of ether oxygens (including phenoxy) is 2. The molecule has 146 valence electrons. The molecule has 4 rings (SSSR count). The molecule has 0 saturated carbocycles. The second kappa shape index (κ2) is 7.65. The number of aliphatic hydroxyl groups is 1. The molecule has 1 atom stereocenters. The zero-order valence-electron chi connectivity index (χ0n) is 15.4. The average molecular weight is 399 g/mol. The molecule has 0 bridgehead atoms. The number of aromatic nitrogens is 2. The number of benzene rings is 1. The van der Waals surface area contributed by atoms with E-state index in [1.165, 1.54) is 11.3 Å². The average Bonchev–Trinajstić information content (AvgIpc) is 3.31. The Morgan fingerprint density at radius 2 is 2.18 bits per heavy atom. The third-order valence-electron chi connectivity index (χ3n) is 4.74. The SMILES string of the molecule is Cc1c(C(N)=O)cc(-c2csc(C3COc4ccccc4O3)n2)n1CCCO. The van der Waals surface area contributed by atoms with Crippen molar-refractivity contribution in [1.82, 2.24) is 9.55 Å². The monoisotopic (exact) mass is 399 g/mol. The van der Waals surface area contributed by atoms with Gasteiger partial charge in [0, 0.05) is 24.2 Å². The van der Waals surface area contributed by atoms with Crippen molar-refractivity contribution in [2.75, 3.05) is 13.2 Å². The lowest BCUT2D eigenvalue weighted by molar-refractivity contribution is 0.0911. The van der Waals surface area contributed by atoms with Gasteiger partial charge in [-0.2, -0.15) is 0 Å². The number of fused-ring (bicyclic) bond motifs is 1. The van der Waals surface area contributed by atoms with E-state index in [1.54, 1.807) is 6.07 Å². The Morgan fingerprint density at radius 1 is 1.39 bits per heavy atom. The van der Waals surface area contributed by atoms with Gasteiger partial charge in [0.05, 0.1) is 17.0 Å². The van der Waals surface area contributed by atoms with Crippen LogP contribution in [0.25, 0.3) is 11.4 Å². The van der Waals surface area contributed by atoms with Crippen LogP contribution < -0.4 is 15.2 Å². The van der Waals surface area contributed by atoms with E-state index in [2.05, 4.69) is 0 Å². The van der Waals surface area contributed by atoms with Crippen LogP contribution in [0.5, 0.6) is 11.5 Å². The molecule has 7 nitrogen and oxygen atoms in total. The number of hydrogen-bond donors (Lipinski definition) is 2. The first-order valence-electron chi connectivity index (χ1n) is 9.03. The number of primary amides is 1. The molecule has 0 fully saturated rings. The van der Waals surface area contributed by atoms with Crippen molar-refractivity contribution in [3.63, 3.8) is 0 Å². The Kier molecular flexibility index (Phi) is 5.06. The van der Waals surface area contributed by atoms with Crippen LogP contribution in [0.4, 0.5) is 0 Å². The van der Waals surface area contributed by atoms with E-state index in [0.29, 0.717) is 30.9 Å². The van der Waals surface area contributed by atoms with Crippen LogP contribution in [-0.2, 0) is 6.54 Å². The minimum absolute atomic E-state index is 0.0674. The minimum Gasteiger partial charge on any atom is -0.485 e. The van der Waals surface area contributed by atoms with Crippen LogP contribution in [-0.4, -0.2) is 33.8 Å². The second-order valence-electron chi connectivity index (χ2n) is 6.56. The van der Waals surface area contributed by atoms with E-state index in [1.807, 2.05) is 41.1 Å². The molecule has 1 aliphatic rings. The molecule has 3 heterocycles. The van der Waals surface area contributed by atoms with Gasteiger partial charge in [0.2, 0.25) is 0 Å². The van der Waals surface area contributed by atoms with Gasteiger partial charge in [-0.1, -0.05) is 12.1 Å². The Bertz CT molecular complexity index is 1010. The smallest absolute Gasteiger partial charge is 0.250 e. The first kappa shape index (κ1) is 18.5. The third kappa shape index (κ3) is 3.36. The molecule has 0 spiro atoms. The van der Waals surface area contributed by atoms with Crippen molar-refractivity contribution in [3.05, 3.63) is 52.0 Å². The standard InChI is InChI=1S/C20H21N3O4S/c1-12-13(19(21)25)9-15(23(12)7-4-8-24)14-11-28-20(22-14)18-10-26-16-5-2-3-6-17(16)27-18/h2-3,5-6,9,11,18,24H,4,7-8,10H2,1H3,(H2,21,25). The Balaban J connectivity index is 1.64. The summed E-state index contributed by atoms with van der Waals surface area (Å²) in [5.74, 6) is 0.960. The number of rotatable bonds is 6. The summed E-state index contributed by atoms with van der Waals surface area (Å²) in [6.45, 7) is 2.89. The largest absolute Gasteiger partial charge is 0.485 e. The molecular formula is C20H21N3O4S. The number of carbonyl (C=O) groups excluding carboxylic acids is 1. The van der Waals surface area contributed by atoms with Gasteiger partial charge in [0.25, 0.3) is 5.91 Å². The van der Waals surface area contributed by atoms with E-state index in [0.717, 1.165) is 27.8 Å². The lowest BCUT2D eigenvalue weighted by Gasteiger charge is -2.24. The molecule has 3 aromatic rings. The number of thiazole rings is 1. The van der Waals surface area contributed by atoms with Crippen LogP contribution in [0.15, 0.2) is 35.7 Å². The number of para-hydroxylation sites is 2. The maximum absolute atomic E-state index is 11.8. The van der Waals surface area contributed by atoms with Gasteiger partial charge in [-0.15, -0.1) is 11.3 Å². The summed E-state index contributed by atoms with van der Waals surface area (Å²) in [4.78, 5) is 16.5. The lowest BCUT2D eigenvalue weighted by Crippen LogP contribution is -2.21. The number of carbonyl (C=O) groups is 1. The predicted octanol–water partition coefficient (Wildman–Crippen LogP) is 2.91. The van der Waals surface area contributed by atoms with Crippen LogP contribution >= 0.6 is 11.3 Å². The van der Waals surface area contributed by atoms with Crippen LogP contribution in [0.2, 0.25) is 0 Å². The van der Waals surface area contributed by atoms with E-state index in [4.69, 9.17) is 20.2 Å². The van der Waals surface area contributed by atoms with Crippen molar-refractivity contribution >= 4 is 17.2 Å². The van der Waals surface area contributed by atoms with E-state index >= 15 is 0 Å². The van der Waals surface area contributed by atoms with Crippen molar-refractivity contribution in [2.45, 2.75) is 26.0 Å². The maximum Gasteiger partial charge on any atom is 0.250 e. The molecule has 0 radical (unpaired) electrons. The second-order valence-corrected chi connectivity index (χ2v) is 7.45. The maximum atomic E-state index is 11.8. The van der Waals surface area contributed by atoms with Gasteiger partial charge < -0.3 is 24.9 Å². The molecule has 8 heteroatoms. The number of hydrogen-bond acceptors (Lipinski definition) is 6. The molecule has 1 unspecified atom stereocenters. The molecule has 2 aromatic heterocycles. The van der Waals surface area contributed by atoms with Gasteiger partial charge in [0.15, 0.2) is 17.6 Å². The number of nitrogens with two attached hydrogens (primary N) is 1. The van der Waals surface area contributed by atoms with E-state index in [-0.39, 0.29) is 12.7 Å². The quantitative estimate of drug-likeness (QED) is 0.664. The number of amides is 1. The van der Waals surface area contributed by atoms with E-state index < -0.39 is 5.91 Å². The number of aliphatic hydroxyl groups excluding tert-OH is 1. The molecule has 28 heavy (non-hydrogen) atoms. The summed E-state index contributed by atoms with van der Waals surface area (Å²) in [5, 5.41) is 11.9. The summed E-state index contributed by atoms with van der Waals surface area (Å²) < 4.78 is 13.8. The van der Waals surface area contributed by atoms with Gasteiger partial charge in [-0.3, -0.25) is 4.79 Å².